The SMILES string of the molecule is CC(=O)NC(CC(=O)Nc1nnc(C23CC4CC(CC(C4)C2)C3)s1)c1ccc(Cl)cc1. The van der Waals surface area contributed by atoms with Gasteiger partial charge in [0.15, 0.2) is 0 Å². The first-order chi connectivity index (χ1) is 14.9. The van der Waals surface area contributed by atoms with Gasteiger partial charge in [-0.3, -0.25) is 9.59 Å². The van der Waals surface area contributed by atoms with Crippen LogP contribution in [-0.2, 0) is 15.0 Å². The Hall–Kier alpha value is -1.99. The van der Waals surface area contributed by atoms with Crippen molar-refractivity contribution in [3.05, 3.63) is 39.9 Å². The van der Waals surface area contributed by atoms with Crippen molar-refractivity contribution in [2.75, 3.05) is 5.32 Å². The van der Waals surface area contributed by atoms with E-state index in [1.165, 1.54) is 56.8 Å². The Bertz CT molecular complexity index is 954. The zero-order chi connectivity index (χ0) is 21.6. The second kappa shape index (κ2) is 8.17. The van der Waals surface area contributed by atoms with Gasteiger partial charge in [-0.1, -0.05) is 35.1 Å². The van der Waals surface area contributed by atoms with E-state index in [-0.39, 0.29) is 23.7 Å². The molecule has 4 aliphatic carbocycles. The number of nitrogens with zero attached hydrogens (tertiary/aromatic N) is 2. The summed E-state index contributed by atoms with van der Waals surface area (Å²) >= 11 is 7.50. The number of hydrogen-bond acceptors (Lipinski definition) is 5. The Morgan fingerprint density at radius 2 is 1.71 bits per heavy atom. The number of hydrogen-bond donors (Lipinski definition) is 2. The molecule has 4 fully saturated rings. The maximum absolute atomic E-state index is 12.8. The second-order valence-electron chi connectivity index (χ2n) is 9.67. The number of carbonyl (C=O) groups excluding carboxylic acids is 2. The molecule has 1 atom stereocenters. The van der Waals surface area contributed by atoms with Gasteiger partial charge in [0.1, 0.15) is 5.01 Å². The monoisotopic (exact) mass is 458 g/mol. The molecule has 1 aromatic heterocycles. The molecule has 8 heteroatoms. The number of aromatic nitrogens is 2. The van der Waals surface area contributed by atoms with Gasteiger partial charge in [-0.15, -0.1) is 10.2 Å². The van der Waals surface area contributed by atoms with Crippen LogP contribution in [0.5, 0.6) is 0 Å². The first-order valence-corrected chi connectivity index (χ1v) is 12.2. The lowest BCUT2D eigenvalue weighted by Crippen LogP contribution is -2.48. The summed E-state index contributed by atoms with van der Waals surface area (Å²) in [6, 6.07) is 6.74. The van der Waals surface area contributed by atoms with Gasteiger partial charge >= 0.3 is 0 Å². The third kappa shape index (κ3) is 4.35. The van der Waals surface area contributed by atoms with E-state index in [0.717, 1.165) is 28.3 Å². The predicted octanol–water partition coefficient (Wildman–Crippen LogP) is 4.87. The maximum Gasteiger partial charge on any atom is 0.228 e. The van der Waals surface area contributed by atoms with E-state index < -0.39 is 6.04 Å². The zero-order valence-electron chi connectivity index (χ0n) is 17.6. The van der Waals surface area contributed by atoms with E-state index in [1.807, 2.05) is 12.1 Å². The molecule has 0 aliphatic heterocycles. The Labute approximate surface area is 191 Å². The molecule has 31 heavy (non-hydrogen) atoms. The van der Waals surface area contributed by atoms with Crippen molar-refractivity contribution in [2.45, 2.75) is 63.3 Å². The summed E-state index contributed by atoms with van der Waals surface area (Å²) in [4.78, 5) is 24.4. The van der Waals surface area contributed by atoms with Crippen molar-refractivity contribution in [3.63, 3.8) is 0 Å². The van der Waals surface area contributed by atoms with Gasteiger partial charge in [-0.2, -0.15) is 0 Å². The van der Waals surface area contributed by atoms with Crippen molar-refractivity contribution < 1.29 is 9.59 Å². The molecule has 4 saturated carbocycles. The van der Waals surface area contributed by atoms with Crippen LogP contribution in [0.3, 0.4) is 0 Å². The average molecular weight is 459 g/mol. The summed E-state index contributed by atoms with van der Waals surface area (Å²) in [6.07, 6.45) is 7.95. The number of nitrogens with one attached hydrogen (secondary N) is 2. The Balaban J connectivity index is 1.27. The first-order valence-electron chi connectivity index (χ1n) is 11.0. The van der Waals surface area contributed by atoms with Crippen molar-refractivity contribution >= 4 is 39.9 Å². The second-order valence-corrected chi connectivity index (χ2v) is 11.1. The average Bonchev–Trinajstić information content (AvgIpc) is 3.16. The predicted molar refractivity (Wildman–Crippen MR) is 121 cm³/mol. The number of benzene rings is 1. The minimum atomic E-state index is -0.426. The Morgan fingerprint density at radius 3 is 2.29 bits per heavy atom. The van der Waals surface area contributed by atoms with Crippen LogP contribution in [0, 0.1) is 17.8 Å². The molecule has 6 rings (SSSR count). The van der Waals surface area contributed by atoms with Crippen LogP contribution in [-0.4, -0.2) is 22.0 Å². The lowest BCUT2D eigenvalue weighted by Gasteiger charge is -2.55. The van der Waals surface area contributed by atoms with Crippen LogP contribution >= 0.6 is 22.9 Å². The molecule has 1 unspecified atom stereocenters. The number of halogens is 1. The van der Waals surface area contributed by atoms with E-state index in [2.05, 4.69) is 20.8 Å². The molecule has 2 aromatic rings. The molecule has 0 radical (unpaired) electrons. The lowest BCUT2D eigenvalue weighted by molar-refractivity contribution is -0.120. The fourth-order valence-electron chi connectivity index (χ4n) is 6.41. The minimum absolute atomic E-state index is 0.119. The third-order valence-electron chi connectivity index (χ3n) is 7.20. The van der Waals surface area contributed by atoms with Crippen molar-refractivity contribution in [1.82, 2.24) is 15.5 Å². The molecular weight excluding hydrogens is 432 g/mol. The topological polar surface area (TPSA) is 84.0 Å². The fourth-order valence-corrected chi connectivity index (χ4v) is 7.51. The number of amides is 2. The fraction of sp³-hybridized carbons (Fsp3) is 0.565. The lowest BCUT2D eigenvalue weighted by atomic mass is 9.50. The first kappa shape index (κ1) is 20.9. The molecule has 2 N–H and O–H groups in total. The van der Waals surface area contributed by atoms with Crippen molar-refractivity contribution in [1.29, 1.82) is 0 Å². The molecule has 0 saturated heterocycles. The van der Waals surface area contributed by atoms with E-state index in [9.17, 15) is 9.59 Å². The Morgan fingerprint density at radius 1 is 1.10 bits per heavy atom. The molecule has 164 valence electrons. The maximum atomic E-state index is 12.8. The van der Waals surface area contributed by atoms with Crippen LogP contribution in [0.15, 0.2) is 24.3 Å². The smallest absolute Gasteiger partial charge is 0.228 e. The summed E-state index contributed by atoms with van der Waals surface area (Å²) in [6.45, 7) is 1.45. The third-order valence-corrected chi connectivity index (χ3v) is 8.54. The van der Waals surface area contributed by atoms with Crippen LogP contribution in [0.4, 0.5) is 5.13 Å². The normalized spacial score (nSPS) is 29.5. The van der Waals surface area contributed by atoms with Gasteiger partial charge in [-0.25, -0.2) is 0 Å². The van der Waals surface area contributed by atoms with Crippen molar-refractivity contribution in [3.8, 4) is 0 Å². The molecule has 4 aliphatic rings. The molecular formula is C23H27ClN4O2S. The van der Waals surface area contributed by atoms with Crippen LogP contribution < -0.4 is 10.6 Å². The van der Waals surface area contributed by atoms with E-state index in [0.29, 0.717) is 10.2 Å². The van der Waals surface area contributed by atoms with E-state index >= 15 is 0 Å². The highest BCUT2D eigenvalue weighted by Gasteiger charge is 2.53. The summed E-state index contributed by atoms with van der Waals surface area (Å²) in [5.74, 6) is 2.14. The zero-order valence-corrected chi connectivity index (χ0v) is 19.1. The van der Waals surface area contributed by atoms with Gasteiger partial charge in [-0.05, 0) is 74.0 Å². The van der Waals surface area contributed by atoms with Crippen LogP contribution in [0.1, 0.15) is 68.5 Å². The molecule has 4 bridgehead atoms. The van der Waals surface area contributed by atoms with Gasteiger partial charge in [0, 0.05) is 17.4 Å². The number of anilines is 1. The number of rotatable bonds is 6. The highest BCUT2D eigenvalue weighted by molar-refractivity contribution is 7.15. The molecule has 1 aromatic carbocycles. The van der Waals surface area contributed by atoms with Gasteiger partial charge in [0.05, 0.1) is 12.5 Å². The largest absolute Gasteiger partial charge is 0.349 e. The van der Waals surface area contributed by atoms with Crippen molar-refractivity contribution in [2.24, 2.45) is 17.8 Å². The quantitative estimate of drug-likeness (QED) is 0.647. The molecule has 2 amide bonds. The highest BCUT2D eigenvalue weighted by atomic mass is 35.5. The summed E-state index contributed by atoms with van der Waals surface area (Å²) < 4.78 is 0. The molecule has 1 heterocycles. The van der Waals surface area contributed by atoms with Crippen LogP contribution in [0.25, 0.3) is 0 Å². The minimum Gasteiger partial charge on any atom is -0.349 e. The van der Waals surface area contributed by atoms with Gasteiger partial charge < -0.3 is 10.6 Å². The molecule has 0 spiro atoms. The van der Waals surface area contributed by atoms with Gasteiger partial charge in [0.25, 0.3) is 0 Å². The summed E-state index contributed by atoms with van der Waals surface area (Å²) in [7, 11) is 0. The highest BCUT2D eigenvalue weighted by Crippen LogP contribution is 2.61. The standard InChI is InChI=1S/C23H27ClN4O2S/c1-13(29)25-19(17-2-4-18(24)5-3-17)9-20(30)26-22-28-27-21(31-22)23-10-14-6-15(11-23)8-16(7-14)12-23/h2-5,14-16,19H,6-12H2,1H3,(H,25,29)(H,26,28,30). The van der Waals surface area contributed by atoms with E-state index in [1.54, 1.807) is 12.1 Å². The van der Waals surface area contributed by atoms with Gasteiger partial charge in [0.2, 0.25) is 16.9 Å². The molecule has 6 nitrogen and oxygen atoms in total. The number of carbonyl (C=O) groups is 2. The van der Waals surface area contributed by atoms with E-state index in [4.69, 9.17) is 11.6 Å². The Kier molecular flexibility index (Phi) is 5.51. The summed E-state index contributed by atoms with van der Waals surface area (Å²) in [5.41, 5.74) is 1.01. The summed E-state index contributed by atoms with van der Waals surface area (Å²) in [5, 5.41) is 16.8. The van der Waals surface area contributed by atoms with Crippen LogP contribution in [0.2, 0.25) is 5.02 Å².